The zero-order chi connectivity index (χ0) is 16.4. The number of halogens is 1. The molecule has 3 heterocycles. The number of anilines is 1. The third-order valence-corrected chi connectivity index (χ3v) is 5.15. The van der Waals surface area contributed by atoms with E-state index in [2.05, 4.69) is 27.9 Å². The minimum absolute atomic E-state index is 0. The Bertz CT molecular complexity index is 690. The first kappa shape index (κ1) is 18.0. The highest BCUT2D eigenvalue weighted by molar-refractivity contribution is 5.90. The van der Waals surface area contributed by atoms with Crippen molar-refractivity contribution in [3.63, 3.8) is 0 Å². The fourth-order valence-corrected chi connectivity index (χ4v) is 4.10. The minimum atomic E-state index is 0. The number of carbonyl (C=O) groups excluding carboxylic acids is 1. The van der Waals surface area contributed by atoms with Crippen molar-refractivity contribution < 1.29 is 4.79 Å². The van der Waals surface area contributed by atoms with Crippen LogP contribution in [0.5, 0.6) is 0 Å². The molecule has 4 rings (SSSR count). The van der Waals surface area contributed by atoms with Gasteiger partial charge in [-0.3, -0.25) is 9.48 Å². The van der Waals surface area contributed by atoms with Gasteiger partial charge in [-0.05, 0) is 37.2 Å². The van der Waals surface area contributed by atoms with Gasteiger partial charge in [-0.2, -0.15) is 5.10 Å². The molecule has 25 heavy (non-hydrogen) atoms. The van der Waals surface area contributed by atoms with E-state index in [1.54, 1.807) is 6.20 Å². The summed E-state index contributed by atoms with van der Waals surface area (Å²) in [4.78, 5) is 12.3. The van der Waals surface area contributed by atoms with Crippen LogP contribution in [0.25, 0.3) is 0 Å². The van der Waals surface area contributed by atoms with Crippen LogP contribution in [-0.4, -0.2) is 27.8 Å². The Morgan fingerprint density at radius 2 is 1.92 bits per heavy atom. The van der Waals surface area contributed by atoms with Crippen LogP contribution in [-0.2, 0) is 11.3 Å². The summed E-state index contributed by atoms with van der Waals surface area (Å²) in [6.07, 6.45) is 9.07. The number of fused-ring (bicyclic) bond motifs is 2. The van der Waals surface area contributed by atoms with Gasteiger partial charge in [0.1, 0.15) is 0 Å². The second kappa shape index (κ2) is 8.02. The number of nitrogens with zero attached hydrogens (tertiary/aromatic N) is 2. The van der Waals surface area contributed by atoms with Crippen LogP contribution >= 0.6 is 12.4 Å². The number of nitrogens with one attached hydrogen (secondary N) is 2. The molecule has 0 radical (unpaired) electrons. The SMILES string of the molecule is Cl.O=C(CC1CC2CCC(C1)N2)Nc1cnn(Cc2ccccc2)c1. The lowest BCUT2D eigenvalue weighted by molar-refractivity contribution is -0.117. The van der Waals surface area contributed by atoms with Crippen LogP contribution in [0.4, 0.5) is 5.69 Å². The number of benzene rings is 1. The highest BCUT2D eigenvalue weighted by Gasteiger charge is 2.34. The molecule has 2 bridgehead atoms. The largest absolute Gasteiger partial charge is 0.323 e. The van der Waals surface area contributed by atoms with Crippen molar-refractivity contribution in [1.29, 1.82) is 0 Å². The minimum Gasteiger partial charge on any atom is -0.323 e. The number of carbonyl (C=O) groups is 1. The number of rotatable bonds is 5. The van der Waals surface area contributed by atoms with Gasteiger partial charge in [-0.1, -0.05) is 30.3 Å². The van der Waals surface area contributed by atoms with Crippen LogP contribution in [0, 0.1) is 5.92 Å². The molecule has 2 unspecified atom stereocenters. The van der Waals surface area contributed by atoms with Crippen LogP contribution in [0.15, 0.2) is 42.7 Å². The first-order chi connectivity index (χ1) is 11.7. The first-order valence-electron chi connectivity index (χ1n) is 8.87. The van der Waals surface area contributed by atoms with Crippen molar-refractivity contribution >= 4 is 24.0 Å². The zero-order valence-electron chi connectivity index (χ0n) is 14.2. The molecular formula is C19H25ClN4O. The van der Waals surface area contributed by atoms with E-state index >= 15 is 0 Å². The molecule has 0 saturated carbocycles. The monoisotopic (exact) mass is 360 g/mol. The quantitative estimate of drug-likeness (QED) is 0.860. The van der Waals surface area contributed by atoms with Crippen LogP contribution < -0.4 is 10.6 Å². The lowest BCUT2D eigenvalue weighted by Gasteiger charge is -2.28. The summed E-state index contributed by atoms with van der Waals surface area (Å²) < 4.78 is 1.86. The van der Waals surface area contributed by atoms with E-state index in [1.165, 1.54) is 18.4 Å². The topological polar surface area (TPSA) is 59.0 Å². The lowest BCUT2D eigenvalue weighted by atomic mass is 9.89. The molecule has 2 aliphatic rings. The lowest BCUT2D eigenvalue weighted by Crippen LogP contribution is -2.39. The van der Waals surface area contributed by atoms with E-state index in [0.717, 1.165) is 18.5 Å². The van der Waals surface area contributed by atoms with Gasteiger partial charge in [-0.25, -0.2) is 0 Å². The third kappa shape index (κ3) is 4.61. The highest BCUT2D eigenvalue weighted by atomic mass is 35.5. The molecule has 2 aliphatic heterocycles. The van der Waals surface area contributed by atoms with Crippen LogP contribution in [0.2, 0.25) is 0 Å². The molecule has 1 amide bonds. The van der Waals surface area contributed by atoms with Gasteiger partial charge in [0.2, 0.25) is 5.91 Å². The normalized spacial score (nSPS) is 24.6. The van der Waals surface area contributed by atoms with Gasteiger partial charge in [0.05, 0.1) is 18.4 Å². The fraction of sp³-hybridized carbons (Fsp3) is 0.474. The van der Waals surface area contributed by atoms with Crippen molar-refractivity contribution in [3.8, 4) is 0 Å². The van der Waals surface area contributed by atoms with Gasteiger partial charge in [0.25, 0.3) is 0 Å². The second-order valence-electron chi connectivity index (χ2n) is 7.14. The number of aromatic nitrogens is 2. The third-order valence-electron chi connectivity index (χ3n) is 5.15. The summed E-state index contributed by atoms with van der Waals surface area (Å²) in [5.74, 6) is 0.628. The predicted octanol–water partition coefficient (Wildman–Crippen LogP) is 3.21. The molecule has 2 aromatic rings. The summed E-state index contributed by atoms with van der Waals surface area (Å²) in [5.41, 5.74) is 1.98. The average Bonchev–Trinajstić information content (AvgIpc) is 3.14. The maximum Gasteiger partial charge on any atom is 0.224 e. The predicted molar refractivity (Wildman–Crippen MR) is 101 cm³/mol. The molecule has 6 heteroatoms. The Kier molecular flexibility index (Phi) is 5.76. The highest BCUT2D eigenvalue weighted by Crippen LogP contribution is 2.32. The Morgan fingerprint density at radius 3 is 2.64 bits per heavy atom. The molecule has 5 nitrogen and oxygen atoms in total. The van der Waals surface area contributed by atoms with Crippen LogP contribution in [0.3, 0.4) is 0 Å². The Balaban J connectivity index is 0.00000182. The number of amides is 1. The molecule has 0 spiro atoms. The number of hydrogen-bond acceptors (Lipinski definition) is 3. The van der Waals surface area contributed by atoms with Gasteiger partial charge in [-0.15, -0.1) is 12.4 Å². The second-order valence-corrected chi connectivity index (χ2v) is 7.14. The van der Waals surface area contributed by atoms with Crippen LogP contribution in [0.1, 0.15) is 37.7 Å². The van der Waals surface area contributed by atoms with Crippen molar-refractivity contribution in [3.05, 3.63) is 48.3 Å². The Hall–Kier alpha value is -1.85. The first-order valence-corrected chi connectivity index (χ1v) is 8.87. The smallest absolute Gasteiger partial charge is 0.224 e. The Morgan fingerprint density at radius 1 is 1.20 bits per heavy atom. The fourth-order valence-electron chi connectivity index (χ4n) is 4.10. The standard InChI is InChI=1S/C19H24N4O.ClH/c24-19(10-15-8-16-6-7-17(9-15)21-16)22-18-11-20-23(13-18)12-14-4-2-1-3-5-14;/h1-5,11,13,15-17,21H,6-10,12H2,(H,22,24);1H. The van der Waals surface area contributed by atoms with Gasteiger partial charge in [0, 0.05) is 24.7 Å². The van der Waals surface area contributed by atoms with Crippen molar-refractivity contribution in [1.82, 2.24) is 15.1 Å². The number of hydrogen-bond donors (Lipinski definition) is 2. The average molecular weight is 361 g/mol. The van der Waals surface area contributed by atoms with E-state index in [4.69, 9.17) is 0 Å². The van der Waals surface area contributed by atoms with Gasteiger partial charge >= 0.3 is 0 Å². The molecule has 2 N–H and O–H groups in total. The van der Waals surface area contributed by atoms with E-state index in [1.807, 2.05) is 29.1 Å². The molecule has 0 aliphatic carbocycles. The molecule has 134 valence electrons. The molecule has 2 atom stereocenters. The Labute approximate surface area is 154 Å². The molecule has 1 aromatic heterocycles. The van der Waals surface area contributed by atoms with Crippen molar-refractivity contribution in [2.24, 2.45) is 5.92 Å². The molecular weight excluding hydrogens is 336 g/mol. The summed E-state index contributed by atoms with van der Waals surface area (Å²) in [6, 6.07) is 11.5. The molecule has 2 saturated heterocycles. The summed E-state index contributed by atoms with van der Waals surface area (Å²) >= 11 is 0. The van der Waals surface area contributed by atoms with Crippen molar-refractivity contribution in [2.45, 2.75) is 50.7 Å². The molecule has 1 aromatic carbocycles. The van der Waals surface area contributed by atoms with E-state index < -0.39 is 0 Å². The van der Waals surface area contributed by atoms with Gasteiger partial charge in [0.15, 0.2) is 0 Å². The van der Waals surface area contributed by atoms with E-state index in [9.17, 15) is 4.79 Å². The maximum absolute atomic E-state index is 12.3. The van der Waals surface area contributed by atoms with E-state index in [-0.39, 0.29) is 18.3 Å². The number of piperidine rings is 1. The summed E-state index contributed by atoms with van der Waals surface area (Å²) in [7, 11) is 0. The summed E-state index contributed by atoms with van der Waals surface area (Å²) in [6.45, 7) is 0.717. The van der Waals surface area contributed by atoms with Gasteiger partial charge < -0.3 is 10.6 Å². The van der Waals surface area contributed by atoms with Crippen molar-refractivity contribution in [2.75, 3.05) is 5.32 Å². The maximum atomic E-state index is 12.3. The van der Waals surface area contributed by atoms with E-state index in [0.29, 0.717) is 31.0 Å². The zero-order valence-corrected chi connectivity index (χ0v) is 15.0. The summed E-state index contributed by atoms with van der Waals surface area (Å²) in [5, 5.41) is 11.0. The molecule has 2 fully saturated rings.